The van der Waals surface area contributed by atoms with Crippen LogP contribution in [-0.2, 0) is 6.42 Å². The Hall–Kier alpha value is -6.24. The van der Waals surface area contributed by atoms with Gasteiger partial charge in [-0.3, -0.25) is 0 Å². The summed E-state index contributed by atoms with van der Waals surface area (Å²) in [5, 5.41) is 25.9. The SMILES string of the molecule is C1=Cc2cc3cc4cc5cc6cc7cc8cc9cc%10cc%11cc%12ccccc%12cc%11cc%10cc9cc8cc7cc6cc5cc4cc3cc2CC1. The number of hydrogen-bond donors (Lipinski definition) is 0. The Morgan fingerprint density at radius 2 is 0.520 bits per heavy atom. The van der Waals surface area contributed by atoms with Crippen LogP contribution in [-0.4, -0.2) is 0 Å². The smallest absolute Gasteiger partial charge is 0.0171 e. The number of rotatable bonds is 0. The Morgan fingerprint density at radius 3 is 0.840 bits per heavy atom. The van der Waals surface area contributed by atoms with Gasteiger partial charge in [0.25, 0.3) is 0 Å². The first-order valence-electron chi connectivity index (χ1n) is 17.8. The van der Waals surface area contributed by atoms with E-state index in [0.29, 0.717) is 0 Å². The van der Waals surface area contributed by atoms with Gasteiger partial charge < -0.3 is 0 Å². The van der Waals surface area contributed by atoms with Crippen LogP contribution in [0.2, 0.25) is 0 Å². The molecule has 11 aromatic carbocycles. The highest BCUT2D eigenvalue weighted by Gasteiger charge is 2.11. The summed E-state index contributed by atoms with van der Waals surface area (Å²) >= 11 is 0. The lowest BCUT2D eigenvalue weighted by Crippen LogP contribution is -1.94. The van der Waals surface area contributed by atoms with E-state index in [-0.39, 0.29) is 0 Å². The summed E-state index contributed by atoms with van der Waals surface area (Å²) in [4.78, 5) is 0. The Balaban J connectivity index is 1.01. The first kappa shape index (κ1) is 26.7. The van der Waals surface area contributed by atoms with E-state index in [1.165, 1.54) is 119 Å². The third-order valence-corrected chi connectivity index (χ3v) is 11.5. The zero-order valence-corrected chi connectivity index (χ0v) is 27.4. The van der Waals surface area contributed by atoms with Gasteiger partial charge in [-0.25, -0.2) is 0 Å². The normalized spacial score (nSPS) is 13.4. The van der Waals surface area contributed by atoms with Gasteiger partial charge in [-0.1, -0.05) is 42.5 Å². The quantitative estimate of drug-likeness (QED) is 0.146. The minimum absolute atomic E-state index is 1.13. The minimum atomic E-state index is 1.13. The molecule has 0 nitrogen and oxygen atoms in total. The molecule has 0 aromatic heterocycles. The van der Waals surface area contributed by atoms with Crippen LogP contribution in [0.25, 0.3) is 114 Å². The Labute approximate surface area is 288 Å². The van der Waals surface area contributed by atoms with Crippen LogP contribution in [0.3, 0.4) is 0 Å². The van der Waals surface area contributed by atoms with Gasteiger partial charge in [-0.05, 0) is 247 Å². The predicted octanol–water partition coefficient (Wildman–Crippen LogP) is 14.2. The van der Waals surface area contributed by atoms with Crippen LogP contribution in [0.4, 0.5) is 0 Å². The lowest BCUT2D eigenvalue weighted by Gasteiger charge is -2.13. The minimum Gasteiger partial charge on any atom is -0.0836 e. The topological polar surface area (TPSA) is 0 Å². The third-order valence-electron chi connectivity index (χ3n) is 11.5. The first-order chi connectivity index (χ1) is 24.6. The molecule has 0 heterocycles. The molecule has 0 spiro atoms. The molecule has 11 aromatic rings. The Kier molecular flexibility index (Phi) is 5.17. The van der Waals surface area contributed by atoms with E-state index in [2.05, 4.69) is 158 Å². The second kappa shape index (κ2) is 9.68. The molecule has 50 heavy (non-hydrogen) atoms. The highest BCUT2D eigenvalue weighted by atomic mass is 14.1. The molecule has 0 unspecified atom stereocenters. The number of benzene rings is 11. The van der Waals surface area contributed by atoms with E-state index in [9.17, 15) is 0 Å². The molecule has 12 rings (SSSR count). The van der Waals surface area contributed by atoms with Gasteiger partial charge in [0.1, 0.15) is 0 Å². The van der Waals surface area contributed by atoms with Crippen molar-refractivity contribution in [3.63, 3.8) is 0 Å². The molecular formula is C50H30. The summed E-state index contributed by atoms with van der Waals surface area (Å²) in [5.74, 6) is 0. The molecule has 1 aliphatic carbocycles. The lowest BCUT2D eigenvalue weighted by molar-refractivity contribution is 0.989. The van der Waals surface area contributed by atoms with Gasteiger partial charge in [0, 0.05) is 0 Å². The van der Waals surface area contributed by atoms with E-state index in [4.69, 9.17) is 0 Å². The second-order valence-electron chi connectivity index (χ2n) is 14.6. The first-order valence-corrected chi connectivity index (χ1v) is 17.8. The van der Waals surface area contributed by atoms with Crippen LogP contribution in [0.15, 0.2) is 152 Å². The highest BCUT2D eigenvalue weighted by Crippen LogP contribution is 2.37. The molecule has 0 N–H and O–H groups in total. The summed E-state index contributed by atoms with van der Waals surface area (Å²) in [7, 11) is 0. The average molecular weight is 631 g/mol. The Bertz CT molecular complexity index is 3360. The number of fused-ring (bicyclic) bond motifs is 11. The van der Waals surface area contributed by atoms with Crippen molar-refractivity contribution in [1.29, 1.82) is 0 Å². The van der Waals surface area contributed by atoms with Crippen molar-refractivity contribution in [2.75, 3.05) is 0 Å². The van der Waals surface area contributed by atoms with Crippen LogP contribution >= 0.6 is 0 Å². The number of allylic oxidation sites excluding steroid dienone is 1. The summed E-state index contributed by atoms with van der Waals surface area (Å²) in [6.45, 7) is 0. The molecule has 0 fully saturated rings. The van der Waals surface area contributed by atoms with Gasteiger partial charge in [-0.2, -0.15) is 0 Å². The lowest BCUT2D eigenvalue weighted by atomic mass is 9.91. The van der Waals surface area contributed by atoms with Crippen molar-refractivity contribution >= 4 is 114 Å². The fraction of sp³-hybridized carbons (Fsp3) is 0.0400. The van der Waals surface area contributed by atoms with E-state index < -0.39 is 0 Å². The van der Waals surface area contributed by atoms with E-state index in [0.717, 1.165) is 12.8 Å². The summed E-state index contributed by atoms with van der Waals surface area (Å²) in [6, 6.07) is 56.1. The van der Waals surface area contributed by atoms with Crippen molar-refractivity contribution in [2.24, 2.45) is 0 Å². The molecular weight excluding hydrogens is 601 g/mol. The molecule has 0 saturated carbocycles. The van der Waals surface area contributed by atoms with Crippen molar-refractivity contribution in [2.45, 2.75) is 12.8 Å². The second-order valence-corrected chi connectivity index (χ2v) is 14.6. The molecule has 0 bridgehead atoms. The molecule has 0 atom stereocenters. The van der Waals surface area contributed by atoms with Gasteiger partial charge in [0.2, 0.25) is 0 Å². The number of aryl methyl sites for hydroxylation is 1. The van der Waals surface area contributed by atoms with Crippen molar-refractivity contribution in [3.8, 4) is 0 Å². The molecule has 0 saturated heterocycles. The summed E-state index contributed by atoms with van der Waals surface area (Å²) in [5.41, 5.74) is 2.84. The molecule has 0 heteroatoms. The van der Waals surface area contributed by atoms with Crippen LogP contribution < -0.4 is 0 Å². The molecule has 0 radical (unpaired) electrons. The van der Waals surface area contributed by atoms with Crippen LogP contribution in [0.5, 0.6) is 0 Å². The number of hydrogen-bond acceptors (Lipinski definition) is 0. The predicted molar refractivity (Wildman–Crippen MR) is 219 cm³/mol. The van der Waals surface area contributed by atoms with Gasteiger partial charge in [0.15, 0.2) is 0 Å². The molecule has 230 valence electrons. The van der Waals surface area contributed by atoms with Crippen molar-refractivity contribution < 1.29 is 0 Å². The van der Waals surface area contributed by atoms with Gasteiger partial charge in [0.05, 0.1) is 0 Å². The van der Waals surface area contributed by atoms with Crippen molar-refractivity contribution in [3.05, 3.63) is 163 Å². The van der Waals surface area contributed by atoms with Gasteiger partial charge in [-0.15, -0.1) is 0 Å². The van der Waals surface area contributed by atoms with Crippen LogP contribution in [0, 0.1) is 0 Å². The zero-order valence-electron chi connectivity index (χ0n) is 27.4. The highest BCUT2D eigenvalue weighted by molar-refractivity contribution is 6.14. The zero-order chi connectivity index (χ0) is 32.5. The molecule has 0 aliphatic heterocycles. The van der Waals surface area contributed by atoms with E-state index in [1.54, 1.807) is 0 Å². The van der Waals surface area contributed by atoms with Crippen molar-refractivity contribution in [1.82, 2.24) is 0 Å². The standard InChI is InChI=1S/C50H30/c1-2-6-30-10-34-14-38-18-42-22-46-26-50-28-48-24-44-20-40-16-36-12-32-8-4-3-7-31(32)11-35(36)15-39(40)19-43(44)23-47(48)27-49(50)25-45(46)21-41(42)17-37(38)13-33(34)9-29(30)5-1/h1-3,5-7,9-28H,4,8H2. The van der Waals surface area contributed by atoms with E-state index >= 15 is 0 Å². The van der Waals surface area contributed by atoms with E-state index in [1.807, 2.05) is 0 Å². The monoisotopic (exact) mass is 630 g/mol. The van der Waals surface area contributed by atoms with Crippen LogP contribution in [0.1, 0.15) is 17.5 Å². The summed E-state index contributed by atoms with van der Waals surface area (Å²) in [6.07, 6.45) is 6.86. The maximum Gasteiger partial charge on any atom is -0.0171 e. The average Bonchev–Trinajstić information content (AvgIpc) is 3.13. The molecule has 1 aliphatic rings. The fourth-order valence-electron chi connectivity index (χ4n) is 8.89. The van der Waals surface area contributed by atoms with Gasteiger partial charge >= 0.3 is 0 Å². The fourth-order valence-corrected chi connectivity index (χ4v) is 8.89. The Morgan fingerprint density at radius 1 is 0.260 bits per heavy atom. The third kappa shape index (κ3) is 4.00. The maximum absolute atomic E-state index is 2.41. The maximum atomic E-state index is 2.41. The molecule has 0 amide bonds. The largest absolute Gasteiger partial charge is 0.0836 e. The summed E-state index contributed by atoms with van der Waals surface area (Å²) < 4.78 is 0.